The average Bonchev–Trinajstić information content (AvgIpc) is 3.10. The minimum absolute atomic E-state index is 0.593. The summed E-state index contributed by atoms with van der Waals surface area (Å²) in [7, 11) is 0. The fraction of sp³-hybridized carbons (Fsp3) is 0.333. The number of aryl methyl sites for hydroxylation is 1. The first-order valence-corrected chi connectivity index (χ1v) is 9.98. The number of rotatable bonds is 5. The fourth-order valence-electron chi connectivity index (χ4n) is 3.41. The molecule has 0 radical (unpaired) electrons. The molecule has 4 rings (SSSR count). The first-order chi connectivity index (χ1) is 13.1. The van der Waals surface area contributed by atoms with E-state index in [1.165, 1.54) is 11.3 Å². The van der Waals surface area contributed by atoms with Crippen molar-refractivity contribution in [1.29, 1.82) is 0 Å². The Hall–Kier alpha value is -1.88. The Morgan fingerprint density at radius 1 is 1.19 bits per heavy atom. The van der Waals surface area contributed by atoms with Crippen molar-refractivity contribution in [2.75, 3.05) is 6.54 Å². The number of nitrogens with zero attached hydrogens (tertiary/aromatic N) is 3. The fourth-order valence-corrected chi connectivity index (χ4v) is 3.91. The molecule has 27 heavy (non-hydrogen) atoms. The molecule has 2 aromatic heterocycles. The summed E-state index contributed by atoms with van der Waals surface area (Å²) in [6.45, 7) is 4.72. The van der Waals surface area contributed by atoms with Gasteiger partial charge in [0.1, 0.15) is 17.3 Å². The molecule has 4 nitrogen and oxygen atoms in total. The van der Waals surface area contributed by atoms with Crippen molar-refractivity contribution < 1.29 is 4.42 Å². The molecule has 1 aromatic carbocycles. The largest absolute Gasteiger partial charge is 0.460 e. The molecule has 0 aliphatic carbocycles. The van der Waals surface area contributed by atoms with Crippen LogP contribution in [0.5, 0.6) is 0 Å². The molecule has 0 amide bonds. The second-order valence-electron chi connectivity index (χ2n) is 6.86. The van der Waals surface area contributed by atoms with E-state index >= 15 is 0 Å². The van der Waals surface area contributed by atoms with Crippen LogP contribution in [0, 0.1) is 0 Å². The normalized spacial score (nSPS) is 14.3. The average molecular weight is 402 g/mol. The van der Waals surface area contributed by atoms with Crippen LogP contribution in [0.3, 0.4) is 0 Å². The first-order valence-electron chi connectivity index (χ1n) is 9.22. The molecule has 0 unspecified atom stereocenters. The van der Waals surface area contributed by atoms with Crippen molar-refractivity contribution >= 4 is 23.2 Å². The molecule has 1 aliphatic heterocycles. The number of hydrogen-bond donors (Lipinski definition) is 0. The van der Waals surface area contributed by atoms with Crippen LogP contribution >= 0.6 is 23.2 Å². The van der Waals surface area contributed by atoms with Crippen molar-refractivity contribution in [3.8, 4) is 11.3 Å². The Morgan fingerprint density at radius 3 is 2.89 bits per heavy atom. The second-order valence-corrected chi connectivity index (χ2v) is 7.70. The monoisotopic (exact) mass is 401 g/mol. The van der Waals surface area contributed by atoms with Crippen LogP contribution in [0.15, 0.2) is 40.9 Å². The van der Waals surface area contributed by atoms with Gasteiger partial charge in [-0.2, -0.15) is 0 Å². The predicted molar refractivity (Wildman–Crippen MR) is 108 cm³/mol. The lowest BCUT2D eigenvalue weighted by molar-refractivity contribution is 0.224. The van der Waals surface area contributed by atoms with Crippen LogP contribution < -0.4 is 0 Å². The van der Waals surface area contributed by atoms with Crippen molar-refractivity contribution in [3.05, 3.63) is 69.4 Å². The summed E-state index contributed by atoms with van der Waals surface area (Å²) in [6.07, 6.45) is 4.95. The Morgan fingerprint density at radius 2 is 2.07 bits per heavy atom. The highest BCUT2D eigenvalue weighted by molar-refractivity contribution is 6.36. The SMILES string of the molecule is CCCc1ncc2c(n1)CCN(Cc1ccc(-c3ccc(Cl)cc3Cl)o1)C2. The van der Waals surface area contributed by atoms with Crippen LogP contribution in [0.2, 0.25) is 10.0 Å². The molecule has 0 spiro atoms. The zero-order valence-electron chi connectivity index (χ0n) is 15.2. The number of furan rings is 1. The zero-order valence-corrected chi connectivity index (χ0v) is 16.7. The smallest absolute Gasteiger partial charge is 0.135 e. The van der Waals surface area contributed by atoms with Crippen LogP contribution in [-0.4, -0.2) is 21.4 Å². The maximum absolute atomic E-state index is 6.29. The van der Waals surface area contributed by atoms with E-state index in [0.29, 0.717) is 10.0 Å². The summed E-state index contributed by atoms with van der Waals surface area (Å²) in [4.78, 5) is 11.6. The standard InChI is InChI=1S/C21H21Cl2N3O/c1-2-3-21-24-11-14-12-26(9-8-19(14)25-21)13-16-5-7-20(27-16)17-6-4-15(22)10-18(17)23/h4-7,10-11H,2-3,8-9,12-13H2,1H3. The quantitative estimate of drug-likeness (QED) is 0.561. The molecular weight excluding hydrogens is 381 g/mol. The second kappa shape index (κ2) is 8.01. The Bertz CT molecular complexity index is 954. The van der Waals surface area contributed by atoms with Crippen LogP contribution in [0.4, 0.5) is 0 Å². The summed E-state index contributed by atoms with van der Waals surface area (Å²) >= 11 is 12.3. The van der Waals surface area contributed by atoms with E-state index in [-0.39, 0.29) is 0 Å². The van der Waals surface area contributed by atoms with Crippen LogP contribution in [-0.2, 0) is 25.9 Å². The molecule has 0 saturated heterocycles. The molecule has 0 saturated carbocycles. The minimum Gasteiger partial charge on any atom is -0.460 e. The van der Waals surface area contributed by atoms with Gasteiger partial charge in [-0.3, -0.25) is 4.90 Å². The summed E-state index contributed by atoms with van der Waals surface area (Å²) < 4.78 is 6.03. The van der Waals surface area contributed by atoms with Crippen molar-refractivity contribution in [2.24, 2.45) is 0 Å². The molecule has 140 valence electrons. The lowest BCUT2D eigenvalue weighted by Gasteiger charge is -2.27. The van der Waals surface area contributed by atoms with Crippen molar-refractivity contribution in [2.45, 2.75) is 39.3 Å². The van der Waals surface area contributed by atoms with Gasteiger partial charge < -0.3 is 4.42 Å². The number of halogens is 2. The molecule has 3 aromatic rings. The van der Waals surface area contributed by atoms with Crippen LogP contribution in [0.1, 0.15) is 36.2 Å². The third-order valence-electron chi connectivity index (χ3n) is 4.77. The van der Waals surface area contributed by atoms with Gasteiger partial charge in [-0.15, -0.1) is 0 Å². The maximum Gasteiger partial charge on any atom is 0.135 e. The van der Waals surface area contributed by atoms with E-state index in [1.807, 2.05) is 30.5 Å². The number of aromatic nitrogens is 2. The number of benzene rings is 1. The minimum atomic E-state index is 0.593. The van der Waals surface area contributed by atoms with E-state index in [2.05, 4.69) is 16.8 Å². The van der Waals surface area contributed by atoms with Gasteiger partial charge >= 0.3 is 0 Å². The Balaban J connectivity index is 1.45. The highest BCUT2D eigenvalue weighted by Crippen LogP contribution is 2.32. The molecule has 0 N–H and O–H groups in total. The molecule has 0 bridgehead atoms. The predicted octanol–water partition coefficient (Wildman–Crippen LogP) is 5.55. The van der Waals surface area contributed by atoms with Gasteiger partial charge in [0.15, 0.2) is 0 Å². The number of hydrogen-bond acceptors (Lipinski definition) is 4. The van der Waals surface area contributed by atoms with E-state index < -0.39 is 0 Å². The van der Waals surface area contributed by atoms with Gasteiger partial charge in [-0.05, 0) is 36.8 Å². The maximum atomic E-state index is 6.29. The van der Waals surface area contributed by atoms with Gasteiger partial charge in [0.2, 0.25) is 0 Å². The summed E-state index contributed by atoms with van der Waals surface area (Å²) in [5.41, 5.74) is 3.26. The lowest BCUT2D eigenvalue weighted by Crippen LogP contribution is -2.31. The number of fused-ring (bicyclic) bond motifs is 1. The molecular formula is C21H21Cl2N3O. The van der Waals surface area contributed by atoms with E-state index in [9.17, 15) is 0 Å². The van der Waals surface area contributed by atoms with Gasteiger partial charge in [0.25, 0.3) is 0 Å². The van der Waals surface area contributed by atoms with Gasteiger partial charge in [0.05, 0.1) is 11.6 Å². The molecule has 6 heteroatoms. The lowest BCUT2D eigenvalue weighted by atomic mass is 10.1. The van der Waals surface area contributed by atoms with Gasteiger partial charge in [-0.25, -0.2) is 9.97 Å². The van der Waals surface area contributed by atoms with E-state index in [1.54, 1.807) is 6.07 Å². The third-order valence-corrected chi connectivity index (χ3v) is 5.32. The van der Waals surface area contributed by atoms with Crippen molar-refractivity contribution in [1.82, 2.24) is 14.9 Å². The molecule has 3 heterocycles. The van der Waals surface area contributed by atoms with Crippen LogP contribution in [0.25, 0.3) is 11.3 Å². The van der Waals surface area contributed by atoms with Crippen molar-refractivity contribution in [3.63, 3.8) is 0 Å². The summed E-state index contributed by atoms with van der Waals surface area (Å²) in [5, 5.41) is 1.21. The highest BCUT2D eigenvalue weighted by atomic mass is 35.5. The molecule has 0 fully saturated rings. The Labute approximate surface area is 169 Å². The van der Waals surface area contributed by atoms with E-state index in [4.69, 9.17) is 32.6 Å². The zero-order chi connectivity index (χ0) is 18.8. The van der Waals surface area contributed by atoms with Gasteiger partial charge in [-0.1, -0.05) is 30.1 Å². The Kier molecular flexibility index (Phi) is 5.48. The molecule has 1 aliphatic rings. The van der Waals surface area contributed by atoms with Gasteiger partial charge in [0, 0.05) is 54.0 Å². The third kappa shape index (κ3) is 4.18. The summed E-state index contributed by atoms with van der Waals surface area (Å²) in [6, 6.07) is 9.41. The first kappa shape index (κ1) is 18.5. The highest BCUT2D eigenvalue weighted by Gasteiger charge is 2.20. The van der Waals surface area contributed by atoms with E-state index in [0.717, 1.165) is 61.8 Å². The topological polar surface area (TPSA) is 42.2 Å². The molecule has 0 atom stereocenters. The summed E-state index contributed by atoms with van der Waals surface area (Å²) in [5.74, 6) is 2.64.